The van der Waals surface area contributed by atoms with Crippen molar-refractivity contribution in [2.24, 2.45) is 22.7 Å². The molecule has 0 spiro atoms. The maximum atomic E-state index is 14.8. The van der Waals surface area contributed by atoms with Crippen molar-refractivity contribution in [3.63, 3.8) is 0 Å². The number of carbonyl (C=O) groups is 2. The molecule has 1 aromatic rings. The van der Waals surface area contributed by atoms with Crippen LogP contribution in [0.5, 0.6) is 0 Å². The van der Waals surface area contributed by atoms with Crippen LogP contribution < -0.4 is 0 Å². The summed E-state index contributed by atoms with van der Waals surface area (Å²) in [5.74, 6) is -5.32. The van der Waals surface area contributed by atoms with Gasteiger partial charge in [0, 0.05) is 29.5 Å². The van der Waals surface area contributed by atoms with Crippen molar-refractivity contribution in [1.29, 1.82) is 0 Å². The summed E-state index contributed by atoms with van der Waals surface area (Å²) >= 11 is 6.70. The van der Waals surface area contributed by atoms with E-state index in [-0.39, 0.29) is 24.3 Å². The molecule has 37 heavy (non-hydrogen) atoms. The molecule has 1 aromatic carbocycles. The predicted molar refractivity (Wildman–Crippen MR) is 135 cm³/mol. The fraction of sp³-hybridized carbons (Fsp3) is 0.655. The van der Waals surface area contributed by atoms with E-state index in [1.54, 1.807) is 17.0 Å². The van der Waals surface area contributed by atoms with Crippen LogP contribution in [0.25, 0.3) is 0 Å². The number of ether oxygens (including phenoxy) is 1. The molecule has 4 saturated carbocycles. The number of fused-ring (bicyclic) bond motifs is 1. The Morgan fingerprint density at radius 3 is 2.38 bits per heavy atom. The van der Waals surface area contributed by atoms with Crippen molar-refractivity contribution in [1.82, 2.24) is 4.90 Å². The number of aliphatic carboxylic acids is 1. The number of hydrogen-bond donors (Lipinski definition) is 1. The zero-order valence-electron chi connectivity index (χ0n) is 21.9. The molecule has 0 radical (unpaired) electrons. The van der Waals surface area contributed by atoms with Gasteiger partial charge in [0.05, 0.1) is 35.0 Å². The molecule has 1 N–H and O–H groups in total. The molecule has 5 fully saturated rings. The van der Waals surface area contributed by atoms with Gasteiger partial charge in [0.15, 0.2) is 0 Å². The summed E-state index contributed by atoms with van der Waals surface area (Å²) in [4.78, 5) is 27.0. The number of rotatable bonds is 4. The lowest BCUT2D eigenvalue weighted by molar-refractivity contribution is -0.225. The smallest absolute Gasteiger partial charge is 0.309 e. The van der Waals surface area contributed by atoms with Crippen molar-refractivity contribution in [3.05, 3.63) is 46.1 Å². The van der Waals surface area contributed by atoms with Gasteiger partial charge in [0.1, 0.15) is 0 Å². The summed E-state index contributed by atoms with van der Waals surface area (Å²) in [6.07, 6.45) is 3.54. The van der Waals surface area contributed by atoms with E-state index in [0.29, 0.717) is 36.5 Å². The number of amides is 1. The zero-order valence-corrected chi connectivity index (χ0v) is 22.7. The number of halogens is 3. The SMILES string of the molecule is C[C@H]1OCC2(c3ccc(C4C(C(C)(C)C)C4(F)F)c(Cl)c3)CC(=O)N(C34CC(C(=O)O)(C3)C4)C=C2[C@@H]1C. The van der Waals surface area contributed by atoms with E-state index in [9.17, 15) is 23.5 Å². The van der Waals surface area contributed by atoms with Crippen LogP contribution in [0.15, 0.2) is 30.0 Å². The van der Waals surface area contributed by atoms with E-state index in [1.807, 2.05) is 40.0 Å². The molecule has 5 nitrogen and oxygen atoms in total. The van der Waals surface area contributed by atoms with Crippen LogP contribution in [0.4, 0.5) is 8.78 Å². The minimum absolute atomic E-state index is 0.0154. The van der Waals surface area contributed by atoms with Gasteiger partial charge in [0.25, 0.3) is 5.92 Å². The first-order valence-corrected chi connectivity index (χ1v) is 13.5. The second-order valence-corrected chi connectivity index (χ2v) is 13.9. The third-order valence-electron chi connectivity index (χ3n) is 10.2. The Hall–Kier alpha value is -1.99. The van der Waals surface area contributed by atoms with Crippen molar-refractivity contribution in [2.45, 2.75) is 89.2 Å². The Labute approximate surface area is 221 Å². The van der Waals surface area contributed by atoms with Crippen LogP contribution in [-0.2, 0) is 19.7 Å². The molecular weight excluding hydrogens is 500 g/mol. The summed E-state index contributed by atoms with van der Waals surface area (Å²) in [5, 5.41) is 9.85. The van der Waals surface area contributed by atoms with Gasteiger partial charge in [-0.25, -0.2) is 8.78 Å². The number of alkyl halides is 2. The summed E-state index contributed by atoms with van der Waals surface area (Å²) in [6.45, 7) is 9.87. The average molecular weight is 534 g/mol. The number of benzene rings is 1. The maximum Gasteiger partial charge on any atom is 0.309 e. The molecule has 2 heterocycles. The number of carbonyl (C=O) groups excluding carboxylic acids is 1. The summed E-state index contributed by atoms with van der Waals surface area (Å²) in [7, 11) is 0. The molecule has 8 heteroatoms. The Balaban J connectivity index is 1.37. The molecule has 6 aliphatic rings. The van der Waals surface area contributed by atoms with Gasteiger partial charge in [0.2, 0.25) is 5.91 Å². The van der Waals surface area contributed by atoms with Gasteiger partial charge < -0.3 is 14.7 Å². The number of carboxylic acids is 1. The zero-order chi connectivity index (χ0) is 26.9. The lowest BCUT2D eigenvalue weighted by Gasteiger charge is -2.71. The number of nitrogens with zero attached hydrogens (tertiary/aromatic N) is 1. The lowest BCUT2D eigenvalue weighted by atomic mass is 9.38. The molecule has 1 amide bonds. The van der Waals surface area contributed by atoms with Crippen LogP contribution in [0, 0.1) is 22.7 Å². The van der Waals surface area contributed by atoms with Crippen LogP contribution in [0.3, 0.4) is 0 Å². The lowest BCUT2D eigenvalue weighted by Crippen LogP contribution is -2.77. The summed E-state index contributed by atoms with van der Waals surface area (Å²) in [5.41, 5.74) is -0.0494. The van der Waals surface area contributed by atoms with E-state index in [0.717, 1.165) is 11.1 Å². The van der Waals surface area contributed by atoms with E-state index >= 15 is 0 Å². The Kier molecular flexibility index (Phi) is 5.02. The second-order valence-electron chi connectivity index (χ2n) is 13.5. The topological polar surface area (TPSA) is 66.8 Å². The molecule has 1 saturated heterocycles. The average Bonchev–Trinajstić information content (AvgIpc) is 3.32. The number of carboxylic acid groups (broad SMARTS) is 1. The highest BCUT2D eigenvalue weighted by atomic mass is 35.5. The largest absolute Gasteiger partial charge is 0.481 e. The van der Waals surface area contributed by atoms with Crippen LogP contribution in [0.1, 0.15) is 77.3 Å². The molecule has 7 rings (SSSR count). The highest BCUT2D eigenvalue weighted by Crippen LogP contribution is 2.71. The summed E-state index contributed by atoms with van der Waals surface area (Å²) < 4.78 is 35.7. The Bertz CT molecular complexity index is 1230. The quantitative estimate of drug-likeness (QED) is 0.504. The van der Waals surface area contributed by atoms with Gasteiger partial charge in [-0.2, -0.15) is 0 Å². The molecule has 0 aromatic heterocycles. The van der Waals surface area contributed by atoms with Gasteiger partial charge >= 0.3 is 5.97 Å². The first kappa shape index (κ1) is 25.3. The van der Waals surface area contributed by atoms with Gasteiger partial charge in [-0.05, 0) is 54.4 Å². The standard InChI is InChI=1S/C29H34ClF2NO4/c1-15-16(2)37-14-28(9-21(34)33(10-19(15)28)27-11-26(12-27,13-27)24(35)36)17-6-7-18(20(30)8-17)22-23(25(3,4)5)29(22,31)32/h6-8,10,15-16,22-23H,9,11-14H2,1-5H3,(H,35,36)/t15-,16-,22?,23?,26?,27?,28?/m1/s1. The van der Waals surface area contributed by atoms with Crippen LogP contribution >= 0.6 is 11.6 Å². The molecule has 4 aliphatic carbocycles. The monoisotopic (exact) mass is 533 g/mol. The van der Waals surface area contributed by atoms with Crippen molar-refractivity contribution in [3.8, 4) is 0 Å². The van der Waals surface area contributed by atoms with Crippen molar-refractivity contribution in [2.75, 3.05) is 6.61 Å². The van der Waals surface area contributed by atoms with Crippen molar-refractivity contribution < 1.29 is 28.2 Å². The van der Waals surface area contributed by atoms with Gasteiger partial charge in [-0.1, -0.05) is 51.4 Å². The molecule has 2 aliphatic heterocycles. The van der Waals surface area contributed by atoms with E-state index in [4.69, 9.17) is 16.3 Å². The van der Waals surface area contributed by atoms with E-state index in [1.165, 1.54) is 0 Å². The third kappa shape index (κ3) is 3.22. The first-order chi connectivity index (χ1) is 17.1. The molecule has 3 unspecified atom stereocenters. The van der Waals surface area contributed by atoms with Crippen LogP contribution in [0.2, 0.25) is 5.02 Å². The molecular formula is C29H34ClF2NO4. The fourth-order valence-corrected chi connectivity index (χ4v) is 8.28. The predicted octanol–water partition coefficient (Wildman–Crippen LogP) is 6.15. The maximum absolute atomic E-state index is 14.8. The fourth-order valence-electron chi connectivity index (χ4n) is 7.98. The van der Waals surface area contributed by atoms with Crippen LogP contribution in [-0.4, -0.2) is 46.1 Å². The molecule has 2 bridgehead atoms. The third-order valence-corrected chi connectivity index (χ3v) is 10.5. The Morgan fingerprint density at radius 2 is 1.84 bits per heavy atom. The first-order valence-electron chi connectivity index (χ1n) is 13.2. The summed E-state index contributed by atoms with van der Waals surface area (Å²) in [6, 6.07) is 5.32. The minimum atomic E-state index is -2.80. The highest BCUT2D eigenvalue weighted by Gasteiger charge is 2.75. The molecule has 5 atom stereocenters. The minimum Gasteiger partial charge on any atom is -0.481 e. The van der Waals surface area contributed by atoms with E-state index in [2.05, 4.69) is 6.92 Å². The Morgan fingerprint density at radius 1 is 1.19 bits per heavy atom. The second kappa shape index (κ2) is 7.35. The van der Waals surface area contributed by atoms with Gasteiger partial charge in [-0.15, -0.1) is 0 Å². The van der Waals surface area contributed by atoms with Gasteiger partial charge in [-0.3, -0.25) is 9.59 Å². The normalized spacial score (nSPS) is 41.8. The highest BCUT2D eigenvalue weighted by molar-refractivity contribution is 6.31. The number of hydrogen-bond acceptors (Lipinski definition) is 3. The van der Waals surface area contributed by atoms with E-state index < -0.39 is 45.5 Å². The van der Waals surface area contributed by atoms with Crippen molar-refractivity contribution >= 4 is 23.5 Å². The molecule has 200 valence electrons.